The van der Waals surface area contributed by atoms with E-state index in [-0.39, 0.29) is 12.1 Å². The van der Waals surface area contributed by atoms with Crippen molar-refractivity contribution in [3.63, 3.8) is 0 Å². The van der Waals surface area contributed by atoms with Gasteiger partial charge in [0.1, 0.15) is 5.78 Å². The first-order chi connectivity index (χ1) is 14.9. The van der Waals surface area contributed by atoms with Crippen LogP contribution in [0.25, 0.3) is 0 Å². The summed E-state index contributed by atoms with van der Waals surface area (Å²) in [5, 5.41) is 2.25. The van der Waals surface area contributed by atoms with Gasteiger partial charge in [-0.05, 0) is 58.8 Å². The molecule has 5 heteroatoms. The van der Waals surface area contributed by atoms with E-state index in [1.807, 2.05) is 40.7 Å². The molecular formula is C26H49NO4. The van der Waals surface area contributed by atoms with Crippen LogP contribution in [0.4, 0.5) is 0 Å². The van der Waals surface area contributed by atoms with Gasteiger partial charge in [-0.3, -0.25) is 9.59 Å². The molecule has 0 heterocycles. The Kier molecular flexibility index (Phi) is 30.8. The molecule has 31 heavy (non-hydrogen) atoms. The van der Waals surface area contributed by atoms with Crippen molar-refractivity contribution in [2.75, 3.05) is 7.05 Å². The predicted octanol–water partition coefficient (Wildman–Crippen LogP) is 7.98. The highest BCUT2D eigenvalue weighted by molar-refractivity contribution is 5.80. The van der Waals surface area contributed by atoms with Gasteiger partial charge in [0, 0.05) is 19.3 Å². The van der Waals surface area contributed by atoms with Gasteiger partial charge in [-0.1, -0.05) is 69.5 Å². The summed E-state index contributed by atoms with van der Waals surface area (Å²) in [6.07, 6.45) is 20.2. The zero-order valence-corrected chi connectivity index (χ0v) is 21.3. The molecule has 1 rings (SSSR count). The lowest BCUT2D eigenvalue weighted by atomic mass is 10.1. The molecular weight excluding hydrogens is 390 g/mol. The lowest BCUT2D eigenvalue weighted by molar-refractivity contribution is -0.147. The van der Waals surface area contributed by atoms with Crippen LogP contribution >= 0.6 is 0 Å². The number of hydrogen-bond acceptors (Lipinski definition) is 5. The first kappa shape index (κ1) is 33.8. The van der Waals surface area contributed by atoms with E-state index >= 15 is 0 Å². The van der Waals surface area contributed by atoms with Crippen molar-refractivity contribution in [3.05, 3.63) is 29.2 Å². The van der Waals surface area contributed by atoms with Crippen molar-refractivity contribution in [2.45, 2.75) is 118 Å². The van der Waals surface area contributed by atoms with E-state index in [0.717, 1.165) is 32.1 Å². The molecule has 0 spiro atoms. The number of hydrogen-bond donors (Lipinski definition) is 0. The Hall–Kier alpha value is -1.78. The number of rotatable bonds is 11. The van der Waals surface area contributed by atoms with Crippen LogP contribution in [-0.2, 0) is 14.3 Å². The first-order valence-corrected chi connectivity index (χ1v) is 12.1. The van der Waals surface area contributed by atoms with E-state index in [1.165, 1.54) is 39.2 Å². The van der Waals surface area contributed by atoms with E-state index in [9.17, 15) is 9.59 Å². The van der Waals surface area contributed by atoms with Crippen molar-refractivity contribution < 1.29 is 14.3 Å². The number of ether oxygens (including phenoxy) is 1. The number of nitrogens with zero attached hydrogens (tertiary/aromatic N) is 1. The van der Waals surface area contributed by atoms with Gasteiger partial charge >= 0.3 is 5.97 Å². The maximum atomic E-state index is 11.0. The quantitative estimate of drug-likeness (QED) is 0.141. The summed E-state index contributed by atoms with van der Waals surface area (Å²) in [7, 11) is 1.19. The third kappa shape index (κ3) is 30.5. The molecule has 1 aliphatic rings. The molecule has 0 aromatic rings. The average molecular weight is 440 g/mol. The van der Waals surface area contributed by atoms with Gasteiger partial charge in [-0.2, -0.15) is 4.91 Å². The van der Waals surface area contributed by atoms with Crippen molar-refractivity contribution in [2.24, 2.45) is 11.1 Å². The lowest BCUT2D eigenvalue weighted by Crippen LogP contribution is -2.10. The van der Waals surface area contributed by atoms with E-state index in [1.54, 1.807) is 0 Å². The highest BCUT2D eigenvalue weighted by Gasteiger charge is 2.18. The number of esters is 1. The molecule has 0 aromatic heterocycles. The fourth-order valence-electron chi connectivity index (χ4n) is 2.84. The second-order valence-corrected chi connectivity index (χ2v) is 7.50. The number of carbonyl (C=O) groups is 2. The molecule has 1 aliphatic carbocycles. The van der Waals surface area contributed by atoms with Gasteiger partial charge in [0.25, 0.3) is 0 Å². The van der Waals surface area contributed by atoms with Crippen molar-refractivity contribution >= 4 is 11.8 Å². The van der Waals surface area contributed by atoms with Gasteiger partial charge in [-0.25, -0.2) is 0 Å². The minimum absolute atomic E-state index is 0.0132. The van der Waals surface area contributed by atoms with E-state index in [4.69, 9.17) is 9.64 Å². The molecule has 1 fully saturated rings. The third-order valence-electron chi connectivity index (χ3n) is 4.27. The summed E-state index contributed by atoms with van der Waals surface area (Å²) >= 11 is 0. The molecule has 0 N–H and O–H groups in total. The molecule has 0 aromatic carbocycles. The number of carbonyl (C=O) groups excluding carboxylic acids is 2. The SMILES string of the molecule is C/C=C\CCCC(=O)OC(C)C.CC.CCCCCC/C=C/C1CCC(=O)C1.CN=O. The molecule has 1 unspecified atom stereocenters. The Bertz CT molecular complexity index is 470. The minimum Gasteiger partial charge on any atom is -0.463 e. The number of allylic oxidation sites excluding steroid dienone is 4. The van der Waals surface area contributed by atoms with Crippen LogP contribution in [0.1, 0.15) is 112 Å². The fraction of sp³-hybridized carbons (Fsp3) is 0.769. The number of unbranched alkanes of at least 4 members (excludes halogenated alkanes) is 5. The van der Waals surface area contributed by atoms with Crippen molar-refractivity contribution in [1.82, 2.24) is 0 Å². The summed E-state index contributed by atoms with van der Waals surface area (Å²) in [5.41, 5.74) is 0. The van der Waals surface area contributed by atoms with E-state index in [2.05, 4.69) is 30.3 Å². The van der Waals surface area contributed by atoms with Crippen molar-refractivity contribution in [1.29, 1.82) is 0 Å². The van der Waals surface area contributed by atoms with Crippen molar-refractivity contribution in [3.8, 4) is 0 Å². The largest absolute Gasteiger partial charge is 0.463 e. The van der Waals surface area contributed by atoms with E-state index < -0.39 is 0 Å². The molecule has 1 atom stereocenters. The Labute approximate surface area is 192 Å². The van der Waals surface area contributed by atoms with Crippen LogP contribution in [0.15, 0.2) is 29.5 Å². The standard InChI is InChI=1S/C13H22O.C10H18O2.C2H6.CH3NO/c1-2-3-4-5-6-7-8-12-9-10-13(14)11-12;1-4-5-6-7-8-10(11)12-9(2)3;1-2;1-2-3/h7-8,12H,2-6,9-11H2,1H3;4-5,9H,6-8H2,1-3H3;1-2H3;1H3/b8-7+;5-4-;;. The predicted molar refractivity (Wildman–Crippen MR) is 133 cm³/mol. The molecule has 0 bridgehead atoms. The zero-order valence-electron chi connectivity index (χ0n) is 21.3. The van der Waals surface area contributed by atoms with Crippen LogP contribution in [-0.4, -0.2) is 24.9 Å². The normalized spacial score (nSPS) is 15.0. The fourth-order valence-corrected chi connectivity index (χ4v) is 2.84. The molecule has 5 nitrogen and oxygen atoms in total. The number of ketones is 1. The Morgan fingerprint density at radius 3 is 2.23 bits per heavy atom. The Morgan fingerprint density at radius 1 is 1.13 bits per heavy atom. The molecule has 182 valence electrons. The molecule has 0 amide bonds. The topological polar surface area (TPSA) is 72.8 Å². The minimum atomic E-state index is -0.0884. The van der Waals surface area contributed by atoms with Crippen LogP contribution in [0, 0.1) is 10.8 Å². The highest BCUT2D eigenvalue weighted by atomic mass is 16.5. The molecule has 0 radical (unpaired) electrons. The number of nitroso groups, excluding NO2 is 1. The summed E-state index contributed by atoms with van der Waals surface area (Å²) in [4.78, 5) is 30.5. The van der Waals surface area contributed by atoms with Gasteiger partial charge in [0.15, 0.2) is 0 Å². The summed E-state index contributed by atoms with van der Waals surface area (Å²) < 4.78 is 4.97. The lowest BCUT2D eigenvalue weighted by Gasteiger charge is -2.06. The van der Waals surface area contributed by atoms with Gasteiger partial charge < -0.3 is 4.74 Å². The summed E-state index contributed by atoms with van der Waals surface area (Å²) in [6, 6.07) is 0. The van der Waals surface area contributed by atoms with Crippen LogP contribution in [0.3, 0.4) is 0 Å². The van der Waals surface area contributed by atoms with Gasteiger partial charge in [0.05, 0.1) is 13.2 Å². The highest BCUT2D eigenvalue weighted by Crippen LogP contribution is 2.23. The molecule has 1 saturated carbocycles. The maximum Gasteiger partial charge on any atom is 0.306 e. The second kappa shape index (κ2) is 28.2. The Balaban J connectivity index is -0.000000422. The molecule has 0 saturated heterocycles. The van der Waals surface area contributed by atoms with Crippen LogP contribution in [0.2, 0.25) is 0 Å². The summed E-state index contributed by atoms with van der Waals surface area (Å²) in [6.45, 7) is 11.9. The van der Waals surface area contributed by atoms with Crippen LogP contribution in [0.5, 0.6) is 0 Å². The smallest absolute Gasteiger partial charge is 0.306 e. The maximum absolute atomic E-state index is 11.0. The summed E-state index contributed by atoms with van der Waals surface area (Å²) in [5.74, 6) is 0.925. The molecule has 0 aliphatic heterocycles. The van der Waals surface area contributed by atoms with Gasteiger partial charge in [-0.15, -0.1) is 0 Å². The monoisotopic (exact) mass is 439 g/mol. The Morgan fingerprint density at radius 2 is 1.74 bits per heavy atom. The second-order valence-electron chi connectivity index (χ2n) is 7.50. The van der Waals surface area contributed by atoms with Crippen LogP contribution < -0.4 is 0 Å². The number of Topliss-reactive ketones (excluding diaryl/α,β-unsaturated/α-hetero) is 1. The third-order valence-corrected chi connectivity index (χ3v) is 4.27. The average Bonchev–Trinajstić information content (AvgIpc) is 3.15. The van der Waals surface area contributed by atoms with Gasteiger partial charge in [0.2, 0.25) is 0 Å². The van der Waals surface area contributed by atoms with E-state index in [0.29, 0.717) is 18.1 Å². The zero-order chi connectivity index (χ0) is 24.3. The first-order valence-electron chi connectivity index (χ1n) is 12.1.